The van der Waals surface area contributed by atoms with E-state index >= 15 is 0 Å². The average Bonchev–Trinajstić information content (AvgIpc) is 4.10. The number of fused-ring (bicyclic) bond motifs is 4. The molecule has 0 radical (unpaired) electrons. The van der Waals surface area contributed by atoms with Crippen molar-refractivity contribution in [2.45, 2.75) is 38.5 Å². The van der Waals surface area contributed by atoms with E-state index in [4.69, 9.17) is 23.4 Å². The SMILES string of the molecule is [2H]c1c([2H])c([2H])c(-c2cccc(-c3c([2H])c([2H])c([2H])c([2H])c3[2H])c2-[n+]2[c-]n(-c3[c-]c(Oc4[c-]c5c(cc4)c4ccccc4n5-c4cc(C(C)(C)C)ccn4)cc(-c4cc(C(F)(F)F)cc(C(F)(F)F)c4)c3)c3ccccc32)c([2H])c1[2H].[Pt]. The second-order valence-corrected chi connectivity index (χ2v) is 17.6. The Hall–Kier alpha value is -7.75. The van der Waals surface area contributed by atoms with Gasteiger partial charge in [0.2, 0.25) is 0 Å². The van der Waals surface area contributed by atoms with Crippen molar-refractivity contribution in [3.8, 4) is 62.1 Å². The third kappa shape index (κ3) is 8.98. The van der Waals surface area contributed by atoms with E-state index in [0.717, 1.165) is 21.9 Å². The first kappa shape index (κ1) is 37.1. The second-order valence-electron chi connectivity index (χ2n) is 17.6. The summed E-state index contributed by atoms with van der Waals surface area (Å²) in [7, 11) is 0. The summed E-state index contributed by atoms with van der Waals surface area (Å²) in [5.74, 6) is 0.413. The number of rotatable bonds is 8. The first-order chi connectivity index (χ1) is 38.2. The largest absolute Gasteiger partial charge is 0.510 e. The van der Waals surface area contributed by atoms with Gasteiger partial charge in [-0.05, 0) is 86.3 Å². The van der Waals surface area contributed by atoms with Crippen molar-refractivity contribution >= 4 is 32.8 Å². The van der Waals surface area contributed by atoms with Gasteiger partial charge in [-0.3, -0.25) is 4.57 Å². The van der Waals surface area contributed by atoms with E-state index in [1.165, 1.54) is 39.5 Å². The van der Waals surface area contributed by atoms with E-state index < -0.39 is 89.5 Å². The Morgan fingerprint density at radius 1 is 0.569 bits per heavy atom. The summed E-state index contributed by atoms with van der Waals surface area (Å²) in [4.78, 5) is 4.72. The van der Waals surface area contributed by atoms with Crippen LogP contribution in [0.2, 0.25) is 0 Å². The first-order valence-electron chi connectivity index (χ1n) is 26.9. The molecule has 3 heterocycles. The van der Waals surface area contributed by atoms with Gasteiger partial charge in [0.25, 0.3) is 6.33 Å². The van der Waals surface area contributed by atoms with Crippen LogP contribution in [-0.2, 0) is 38.8 Å². The molecule has 0 aliphatic carbocycles. The van der Waals surface area contributed by atoms with Crippen molar-refractivity contribution < 1.29 is 70.4 Å². The minimum absolute atomic E-state index is 0. The maximum absolute atomic E-state index is 14.6. The molecule has 0 N–H and O–H groups in total. The van der Waals surface area contributed by atoms with E-state index in [9.17, 15) is 26.3 Å². The Morgan fingerprint density at radius 3 is 1.82 bits per heavy atom. The van der Waals surface area contributed by atoms with Gasteiger partial charge < -0.3 is 13.9 Å². The minimum atomic E-state index is -5.22. The average molecular weight is 1150 g/mol. The molecule has 12 heteroatoms. The smallest absolute Gasteiger partial charge is 0.416 e. The number of hydrogen-bond acceptors (Lipinski definition) is 2. The van der Waals surface area contributed by atoms with Gasteiger partial charge in [0, 0.05) is 44.3 Å². The van der Waals surface area contributed by atoms with Crippen molar-refractivity contribution in [2.24, 2.45) is 0 Å². The number of benzene rings is 8. The third-order valence-electron chi connectivity index (χ3n) is 12.0. The molecule has 0 bridgehead atoms. The Balaban J connectivity index is 0.00000753. The monoisotopic (exact) mass is 1150 g/mol. The molecule has 0 aliphatic rings. The topological polar surface area (TPSA) is 35.9 Å². The summed E-state index contributed by atoms with van der Waals surface area (Å²) in [6.45, 7) is 6.20. The van der Waals surface area contributed by atoms with E-state index in [2.05, 4.69) is 39.2 Å². The van der Waals surface area contributed by atoms with E-state index in [0.29, 0.717) is 23.5 Å². The maximum atomic E-state index is 14.6. The second kappa shape index (κ2) is 18.5. The fraction of sp³-hybridized carbons (Fsp3) is 0.100. The molecule has 72 heavy (non-hydrogen) atoms. The molecule has 11 aromatic rings. The molecule has 0 fully saturated rings. The molecular formula is C60H40F6N4OPt-2. The molecule has 0 amide bonds. The Bertz CT molecular complexity index is 4260. The van der Waals surface area contributed by atoms with Gasteiger partial charge in [-0.2, -0.15) is 38.5 Å². The molecule has 11 rings (SSSR count). The predicted octanol–water partition coefficient (Wildman–Crippen LogP) is 15.9. The van der Waals surface area contributed by atoms with Crippen LogP contribution in [0.15, 0.2) is 188 Å². The molecule has 3 aromatic heterocycles. The van der Waals surface area contributed by atoms with Crippen molar-refractivity contribution in [1.29, 1.82) is 0 Å². The van der Waals surface area contributed by atoms with Crippen molar-refractivity contribution in [3.05, 3.63) is 223 Å². The molecule has 0 saturated heterocycles. The summed E-state index contributed by atoms with van der Waals surface area (Å²) >= 11 is 0. The summed E-state index contributed by atoms with van der Waals surface area (Å²) < 4.78 is 186. The zero-order chi connectivity index (χ0) is 57.9. The van der Waals surface area contributed by atoms with Crippen LogP contribution in [0, 0.1) is 18.5 Å². The third-order valence-corrected chi connectivity index (χ3v) is 12.0. The maximum Gasteiger partial charge on any atom is 0.416 e. The number of alkyl halides is 6. The van der Waals surface area contributed by atoms with E-state index in [-0.39, 0.29) is 94.3 Å². The van der Waals surface area contributed by atoms with Crippen LogP contribution in [0.1, 0.15) is 51.2 Å². The van der Waals surface area contributed by atoms with Crippen LogP contribution in [0.3, 0.4) is 0 Å². The minimum Gasteiger partial charge on any atom is -0.510 e. The van der Waals surface area contributed by atoms with Crippen LogP contribution in [0.5, 0.6) is 11.5 Å². The van der Waals surface area contributed by atoms with Crippen LogP contribution >= 0.6 is 0 Å². The molecule has 0 saturated carbocycles. The fourth-order valence-corrected chi connectivity index (χ4v) is 8.65. The van der Waals surface area contributed by atoms with Gasteiger partial charge >= 0.3 is 12.4 Å². The van der Waals surface area contributed by atoms with Gasteiger partial charge in [-0.1, -0.05) is 147 Å². The number of imidazole rings is 1. The normalized spacial score (nSPS) is 14.1. The van der Waals surface area contributed by atoms with Gasteiger partial charge in [0.1, 0.15) is 5.82 Å². The van der Waals surface area contributed by atoms with Crippen molar-refractivity contribution in [3.63, 3.8) is 0 Å². The number of nitrogens with zero attached hydrogens (tertiary/aromatic N) is 4. The summed E-state index contributed by atoms with van der Waals surface area (Å²) in [5, 5.41) is 1.61. The fourth-order valence-electron chi connectivity index (χ4n) is 8.65. The molecule has 0 aliphatic heterocycles. The van der Waals surface area contributed by atoms with Gasteiger partial charge in [-0.15, -0.1) is 35.2 Å². The summed E-state index contributed by atoms with van der Waals surface area (Å²) in [6, 6.07) is 28.9. The van der Waals surface area contributed by atoms with E-state index in [1.807, 2.05) is 41.0 Å². The van der Waals surface area contributed by atoms with Gasteiger partial charge in [0.05, 0.1) is 41.6 Å². The number of aromatic nitrogens is 4. The van der Waals surface area contributed by atoms with Crippen LogP contribution in [-0.4, -0.2) is 14.1 Å². The molecular weight excluding hydrogens is 1100 g/mol. The van der Waals surface area contributed by atoms with Gasteiger partial charge in [0.15, 0.2) is 0 Å². The first-order valence-corrected chi connectivity index (χ1v) is 21.9. The van der Waals surface area contributed by atoms with Gasteiger partial charge in [-0.25, -0.2) is 4.98 Å². The zero-order valence-electron chi connectivity index (χ0n) is 47.9. The van der Waals surface area contributed by atoms with Crippen LogP contribution in [0.25, 0.3) is 83.4 Å². The predicted molar refractivity (Wildman–Crippen MR) is 265 cm³/mol. The van der Waals surface area contributed by atoms with Crippen molar-refractivity contribution in [2.75, 3.05) is 0 Å². The number of ether oxygens (including phenoxy) is 1. The molecule has 0 unspecified atom stereocenters. The molecule has 0 spiro atoms. The summed E-state index contributed by atoms with van der Waals surface area (Å²) in [5.41, 5.74) is -2.36. The van der Waals surface area contributed by atoms with E-state index in [1.54, 1.807) is 42.6 Å². The molecule has 5 nitrogen and oxygen atoms in total. The Morgan fingerprint density at radius 2 is 1.18 bits per heavy atom. The van der Waals surface area contributed by atoms with Crippen LogP contribution in [0.4, 0.5) is 26.3 Å². The molecule has 0 atom stereocenters. The zero-order valence-corrected chi connectivity index (χ0v) is 40.2. The number of para-hydroxylation sites is 4. The number of pyridine rings is 1. The number of halogens is 6. The van der Waals surface area contributed by atoms with Crippen molar-refractivity contribution in [1.82, 2.24) is 14.1 Å². The standard InChI is InChI=1S/C60H40F6N4O.Pt/c1-58(2,3)42-27-28-67-56(34-42)70-52-22-11-10-19-50(52)51-26-25-46(36-55(51)70)71-47-32-41(40-29-43(59(61,62)63)33-44(30-40)60(64,65)66)31-45(35-47)68-37-69(54-24-13-12-23-53(54)68)57-48(38-15-6-4-7-16-38)20-14-21-49(57)39-17-8-5-9-18-39;/h4-34H,1-3H3;/q-2;/i4D,5D,6D,7D,8D,9D,15D,16D,17D,18D;. The Kier molecular flexibility index (Phi) is 9.50. The molecule has 8 aromatic carbocycles. The summed E-state index contributed by atoms with van der Waals surface area (Å²) in [6.07, 6.45) is -5.55. The van der Waals surface area contributed by atoms with Crippen LogP contribution < -0.4 is 9.30 Å². The molecule has 360 valence electrons. The number of hydrogen-bond donors (Lipinski definition) is 0. The Labute approximate surface area is 439 Å². The quantitative estimate of drug-likeness (QED) is 0.0863.